The highest BCUT2D eigenvalue weighted by Gasteiger charge is 2.24. The second kappa shape index (κ2) is 12.4. The summed E-state index contributed by atoms with van der Waals surface area (Å²) in [7, 11) is 3.62. The smallest absolute Gasteiger partial charge is 0.222 e. The van der Waals surface area contributed by atoms with Crippen LogP contribution in [0.4, 0.5) is 0 Å². The molecule has 1 atom stereocenters. The van der Waals surface area contributed by atoms with Crippen molar-refractivity contribution >= 4 is 30.7 Å². The first-order chi connectivity index (χ1) is 11.2. The van der Waals surface area contributed by atoms with Crippen molar-refractivity contribution in [3.8, 4) is 5.75 Å². The van der Waals surface area contributed by atoms with E-state index in [1.165, 1.54) is 5.56 Å². The molecular formula is C18H31Cl2N3O2. The van der Waals surface area contributed by atoms with Crippen molar-refractivity contribution in [3.63, 3.8) is 0 Å². The first-order valence-electron chi connectivity index (χ1n) is 8.46. The Morgan fingerprint density at radius 1 is 1.24 bits per heavy atom. The first kappa shape index (κ1) is 24.0. The minimum absolute atomic E-state index is 0. The number of ether oxygens (including phenoxy) is 1. The molecule has 5 nitrogen and oxygen atoms in total. The molecule has 1 aliphatic heterocycles. The largest absolute Gasteiger partial charge is 0.497 e. The highest BCUT2D eigenvalue weighted by molar-refractivity contribution is 5.85. The van der Waals surface area contributed by atoms with E-state index in [4.69, 9.17) is 4.74 Å². The number of carbonyl (C=O) groups is 1. The molecule has 0 radical (unpaired) electrons. The summed E-state index contributed by atoms with van der Waals surface area (Å²) in [5.74, 6) is 1.18. The molecule has 1 N–H and O–H groups in total. The van der Waals surface area contributed by atoms with Crippen LogP contribution in [-0.2, 0) is 4.79 Å². The molecule has 1 aromatic carbocycles. The zero-order valence-electron chi connectivity index (χ0n) is 15.4. The summed E-state index contributed by atoms with van der Waals surface area (Å²) in [5.41, 5.74) is 1.26. The van der Waals surface area contributed by atoms with Gasteiger partial charge in [0.05, 0.1) is 7.11 Å². The van der Waals surface area contributed by atoms with Gasteiger partial charge in [-0.2, -0.15) is 0 Å². The SMILES string of the molecule is CNCCCC(=O)N1CCN(C(C)c2cccc(OC)c2)CC1.Cl.Cl. The fourth-order valence-electron chi connectivity index (χ4n) is 3.05. The average molecular weight is 392 g/mol. The Kier molecular flexibility index (Phi) is 11.9. The predicted molar refractivity (Wildman–Crippen MR) is 107 cm³/mol. The summed E-state index contributed by atoms with van der Waals surface area (Å²) < 4.78 is 5.31. The Morgan fingerprint density at radius 3 is 2.52 bits per heavy atom. The number of piperazine rings is 1. The fraction of sp³-hybridized carbons (Fsp3) is 0.611. The molecule has 25 heavy (non-hydrogen) atoms. The predicted octanol–water partition coefficient (Wildman–Crippen LogP) is 2.74. The van der Waals surface area contributed by atoms with Crippen molar-refractivity contribution in [2.75, 3.05) is 46.9 Å². The van der Waals surface area contributed by atoms with Crippen LogP contribution < -0.4 is 10.1 Å². The van der Waals surface area contributed by atoms with Crippen LogP contribution in [-0.4, -0.2) is 62.6 Å². The number of hydrogen-bond donors (Lipinski definition) is 1. The lowest BCUT2D eigenvalue weighted by molar-refractivity contribution is -0.133. The van der Waals surface area contributed by atoms with Crippen molar-refractivity contribution in [1.82, 2.24) is 15.1 Å². The Morgan fingerprint density at radius 2 is 1.92 bits per heavy atom. The number of methoxy groups -OCH3 is 1. The van der Waals surface area contributed by atoms with Crippen LogP contribution >= 0.6 is 24.8 Å². The Balaban J connectivity index is 0.00000288. The van der Waals surface area contributed by atoms with E-state index in [1.807, 2.05) is 24.1 Å². The number of rotatable bonds is 7. The summed E-state index contributed by atoms with van der Waals surface area (Å²) in [6.45, 7) is 6.63. The van der Waals surface area contributed by atoms with Crippen LogP contribution in [0.3, 0.4) is 0 Å². The molecule has 2 rings (SSSR count). The fourth-order valence-corrected chi connectivity index (χ4v) is 3.05. The van der Waals surface area contributed by atoms with Crippen molar-refractivity contribution < 1.29 is 9.53 Å². The molecule has 0 spiro atoms. The Hall–Kier alpha value is -1.01. The molecule has 0 bridgehead atoms. The van der Waals surface area contributed by atoms with Crippen LogP contribution in [0.25, 0.3) is 0 Å². The molecular weight excluding hydrogens is 361 g/mol. The number of amides is 1. The minimum Gasteiger partial charge on any atom is -0.497 e. The van der Waals surface area contributed by atoms with Gasteiger partial charge >= 0.3 is 0 Å². The molecule has 0 saturated carbocycles. The summed E-state index contributed by atoms with van der Waals surface area (Å²) in [6, 6.07) is 8.58. The first-order valence-corrected chi connectivity index (χ1v) is 8.46. The quantitative estimate of drug-likeness (QED) is 0.725. The van der Waals surface area contributed by atoms with E-state index in [9.17, 15) is 4.79 Å². The second-order valence-corrected chi connectivity index (χ2v) is 6.08. The average Bonchev–Trinajstić information content (AvgIpc) is 2.61. The van der Waals surface area contributed by atoms with Gasteiger partial charge in [-0.15, -0.1) is 24.8 Å². The molecule has 0 aliphatic carbocycles. The number of nitrogens with zero attached hydrogens (tertiary/aromatic N) is 2. The molecule has 1 unspecified atom stereocenters. The van der Waals surface area contributed by atoms with Crippen molar-refractivity contribution in [2.45, 2.75) is 25.8 Å². The van der Waals surface area contributed by atoms with E-state index in [0.29, 0.717) is 12.5 Å². The maximum atomic E-state index is 12.2. The van der Waals surface area contributed by atoms with E-state index in [2.05, 4.69) is 29.3 Å². The molecule has 1 heterocycles. The molecule has 1 saturated heterocycles. The van der Waals surface area contributed by atoms with Gasteiger partial charge in [0, 0.05) is 38.6 Å². The normalized spacial score (nSPS) is 15.7. The molecule has 144 valence electrons. The van der Waals surface area contributed by atoms with Gasteiger partial charge in [-0.3, -0.25) is 9.69 Å². The highest BCUT2D eigenvalue weighted by Crippen LogP contribution is 2.24. The van der Waals surface area contributed by atoms with Crippen LogP contribution in [0.5, 0.6) is 5.75 Å². The lowest BCUT2D eigenvalue weighted by Gasteiger charge is -2.38. The zero-order valence-corrected chi connectivity index (χ0v) is 17.0. The molecule has 0 aromatic heterocycles. The van der Waals surface area contributed by atoms with Gasteiger partial charge in [0.25, 0.3) is 0 Å². The third-order valence-electron chi connectivity index (χ3n) is 4.61. The number of benzene rings is 1. The highest BCUT2D eigenvalue weighted by atomic mass is 35.5. The van der Waals surface area contributed by atoms with E-state index < -0.39 is 0 Å². The van der Waals surface area contributed by atoms with Gasteiger partial charge < -0.3 is 15.0 Å². The van der Waals surface area contributed by atoms with Crippen molar-refractivity contribution in [2.24, 2.45) is 0 Å². The van der Waals surface area contributed by atoms with E-state index >= 15 is 0 Å². The zero-order chi connectivity index (χ0) is 16.7. The Bertz CT molecular complexity index is 509. The standard InChI is InChI=1S/C18H29N3O2.2ClH/c1-15(16-6-4-7-17(14-16)23-3)20-10-12-21(13-11-20)18(22)8-5-9-19-2;;/h4,6-7,14-15,19H,5,8-13H2,1-3H3;2*1H. The number of nitrogens with one attached hydrogen (secondary N) is 1. The number of halogens is 2. The maximum absolute atomic E-state index is 12.2. The lowest BCUT2D eigenvalue weighted by Crippen LogP contribution is -2.49. The van der Waals surface area contributed by atoms with Crippen molar-refractivity contribution in [3.05, 3.63) is 29.8 Å². The van der Waals surface area contributed by atoms with Gasteiger partial charge in [0.2, 0.25) is 5.91 Å². The second-order valence-electron chi connectivity index (χ2n) is 6.08. The van der Waals surface area contributed by atoms with Crippen LogP contribution in [0, 0.1) is 0 Å². The summed E-state index contributed by atoms with van der Waals surface area (Å²) in [6.07, 6.45) is 1.56. The van der Waals surface area contributed by atoms with Crippen LogP contribution in [0.15, 0.2) is 24.3 Å². The van der Waals surface area contributed by atoms with Gasteiger partial charge in [-0.1, -0.05) is 12.1 Å². The number of hydrogen-bond acceptors (Lipinski definition) is 4. The molecule has 1 fully saturated rings. The van der Waals surface area contributed by atoms with Gasteiger partial charge in [-0.05, 0) is 44.6 Å². The third kappa shape index (κ3) is 7.02. The third-order valence-corrected chi connectivity index (χ3v) is 4.61. The van der Waals surface area contributed by atoms with Crippen LogP contribution in [0.2, 0.25) is 0 Å². The van der Waals surface area contributed by atoms with E-state index in [1.54, 1.807) is 7.11 Å². The minimum atomic E-state index is 0. The molecule has 1 aliphatic rings. The maximum Gasteiger partial charge on any atom is 0.222 e. The van der Waals surface area contributed by atoms with Crippen LogP contribution in [0.1, 0.15) is 31.4 Å². The van der Waals surface area contributed by atoms with Gasteiger partial charge in [0.15, 0.2) is 0 Å². The van der Waals surface area contributed by atoms with Gasteiger partial charge in [0.1, 0.15) is 5.75 Å². The van der Waals surface area contributed by atoms with Crippen molar-refractivity contribution in [1.29, 1.82) is 0 Å². The lowest BCUT2D eigenvalue weighted by atomic mass is 10.1. The molecule has 1 amide bonds. The number of carbonyl (C=O) groups excluding carboxylic acids is 1. The summed E-state index contributed by atoms with van der Waals surface area (Å²) in [5, 5.41) is 3.09. The van der Waals surface area contributed by atoms with Gasteiger partial charge in [-0.25, -0.2) is 0 Å². The molecule has 7 heteroatoms. The van der Waals surface area contributed by atoms with E-state index in [-0.39, 0.29) is 30.7 Å². The summed E-state index contributed by atoms with van der Waals surface area (Å²) >= 11 is 0. The topological polar surface area (TPSA) is 44.8 Å². The Labute approximate surface area is 163 Å². The molecule has 1 aromatic rings. The summed E-state index contributed by atoms with van der Waals surface area (Å²) in [4.78, 5) is 16.6. The van der Waals surface area contributed by atoms with E-state index in [0.717, 1.165) is 44.9 Å². The monoisotopic (exact) mass is 391 g/mol.